The molecule has 0 saturated heterocycles. The number of hydrogen-bond donors (Lipinski definition) is 1. The van der Waals surface area contributed by atoms with E-state index in [4.69, 9.17) is 21.1 Å². The number of halogens is 1. The third-order valence-corrected chi connectivity index (χ3v) is 6.18. The van der Waals surface area contributed by atoms with Crippen LogP contribution in [0.15, 0.2) is 59.8 Å². The number of ether oxygens (including phenoxy) is 2. The smallest absolute Gasteiger partial charge is 0.336 e. The fourth-order valence-corrected chi connectivity index (χ4v) is 4.30. The molecule has 3 rings (SSSR count). The summed E-state index contributed by atoms with van der Waals surface area (Å²) < 4.78 is 10.3. The van der Waals surface area contributed by atoms with Crippen LogP contribution >= 0.6 is 11.6 Å². The third kappa shape index (κ3) is 6.71. The van der Waals surface area contributed by atoms with Gasteiger partial charge in [-0.05, 0) is 55.7 Å². The Labute approximate surface area is 211 Å². The topological polar surface area (TPSA) is 84.9 Å². The Morgan fingerprint density at radius 3 is 2.60 bits per heavy atom. The first-order chi connectivity index (χ1) is 16.8. The Morgan fingerprint density at radius 1 is 1.17 bits per heavy atom. The van der Waals surface area contributed by atoms with Crippen LogP contribution in [-0.4, -0.2) is 49.6 Å². The summed E-state index contributed by atoms with van der Waals surface area (Å²) in [7, 11) is 1.62. The van der Waals surface area contributed by atoms with Crippen LogP contribution in [0.25, 0.3) is 0 Å². The number of hydrogen-bond acceptors (Lipinski definition) is 5. The van der Waals surface area contributed by atoms with Gasteiger partial charge in [-0.3, -0.25) is 9.59 Å². The Balaban J connectivity index is 1.86. The Hall–Kier alpha value is -3.16. The van der Waals surface area contributed by atoms with E-state index in [9.17, 15) is 14.4 Å². The summed E-state index contributed by atoms with van der Waals surface area (Å²) in [4.78, 5) is 40.3. The predicted molar refractivity (Wildman–Crippen MR) is 134 cm³/mol. The molecule has 0 saturated carbocycles. The van der Waals surface area contributed by atoms with E-state index in [0.717, 1.165) is 17.5 Å². The van der Waals surface area contributed by atoms with Gasteiger partial charge in [0.1, 0.15) is 0 Å². The SMILES string of the molecule is CCOC(=O)C1=C(C)N(Cc2cccc(C(=O)NCCCOC)c2)C(=O)CC1c1ccc(Cl)cc1. The normalized spacial score (nSPS) is 15.8. The Kier molecular flexibility index (Phi) is 9.46. The van der Waals surface area contributed by atoms with Gasteiger partial charge in [-0.2, -0.15) is 0 Å². The van der Waals surface area contributed by atoms with Crippen molar-refractivity contribution in [3.8, 4) is 0 Å². The lowest BCUT2D eigenvalue weighted by atomic mass is 9.83. The fourth-order valence-electron chi connectivity index (χ4n) is 4.17. The molecule has 0 radical (unpaired) electrons. The summed E-state index contributed by atoms with van der Waals surface area (Å²) in [5.41, 5.74) is 3.14. The summed E-state index contributed by atoms with van der Waals surface area (Å²) in [5.74, 6) is -1.15. The monoisotopic (exact) mass is 498 g/mol. The van der Waals surface area contributed by atoms with Crippen molar-refractivity contribution < 1.29 is 23.9 Å². The van der Waals surface area contributed by atoms with E-state index in [-0.39, 0.29) is 31.4 Å². The zero-order valence-electron chi connectivity index (χ0n) is 20.3. The highest BCUT2D eigenvalue weighted by molar-refractivity contribution is 6.30. The number of allylic oxidation sites excluding steroid dienone is 1. The van der Waals surface area contributed by atoms with Gasteiger partial charge >= 0.3 is 5.97 Å². The number of amides is 2. The second-order valence-electron chi connectivity index (χ2n) is 8.31. The van der Waals surface area contributed by atoms with Crippen LogP contribution in [0.5, 0.6) is 0 Å². The first-order valence-corrected chi connectivity index (χ1v) is 12.0. The summed E-state index contributed by atoms with van der Waals surface area (Å²) in [5, 5.41) is 3.45. The maximum atomic E-state index is 13.2. The molecular weight excluding hydrogens is 468 g/mol. The number of benzene rings is 2. The van der Waals surface area contributed by atoms with Crippen molar-refractivity contribution in [3.05, 3.63) is 81.5 Å². The maximum absolute atomic E-state index is 13.2. The quantitative estimate of drug-likeness (QED) is 0.386. The van der Waals surface area contributed by atoms with Crippen molar-refractivity contribution in [2.75, 3.05) is 26.9 Å². The van der Waals surface area contributed by atoms with Crippen LogP contribution in [0.3, 0.4) is 0 Å². The zero-order chi connectivity index (χ0) is 25.4. The number of carbonyl (C=O) groups excluding carboxylic acids is 3. The van der Waals surface area contributed by atoms with Crippen molar-refractivity contribution in [2.24, 2.45) is 0 Å². The van der Waals surface area contributed by atoms with E-state index in [1.807, 2.05) is 18.2 Å². The molecule has 7 nitrogen and oxygen atoms in total. The molecule has 2 aromatic rings. The van der Waals surface area contributed by atoms with Gasteiger partial charge in [0.05, 0.1) is 18.7 Å². The molecule has 2 aromatic carbocycles. The van der Waals surface area contributed by atoms with Gasteiger partial charge in [0.2, 0.25) is 5.91 Å². The molecule has 2 amide bonds. The lowest BCUT2D eigenvalue weighted by Gasteiger charge is -2.34. The largest absolute Gasteiger partial charge is 0.463 e. The minimum Gasteiger partial charge on any atom is -0.463 e. The standard InChI is InChI=1S/C27H31ClN2O5/c1-4-35-27(33)25-18(2)30(24(31)16-23(25)20-9-11-22(28)12-10-20)17-19-7-5-8-21(15-19)26(32)29-13-6-14-34-3/h5,7-12,15,23H,4,6,13-14,16-17H2,1-3H3,(H,29,32). The van der Waals surface area contributed by atoms with Gasteiger partial charge in [0, 0.05) is 48.9 Å². The van der Waals surface area contributed by atoms with Gasteiger partial charge < -0.3 is 19.7 Å². The van der Waals surface area contributed by atoms with E-state index < -0.39 is 11.9 Å². The minimum absolute atomic E-state index is 0.107. The zero-order valence-corrected chi connectivity index (χ0v) is 21.1. The van der Waals surface area contributed by atoms with Gasteiger partial charge in [-0.25, -0.2) is 4.79 Å². The second kappa shape index (κ2) is 12.5. The Bertz CT molecular complexity index is 1100. The van der Waals surface area contributed by atoms with Crippen LogP contribution in [0, 0.1) is 0 Å². The van der Waals surface area contributed by atoms with E-state index in [1.165, 1.54) is 0 Å². The van der Waals surface area contributed by atoms with Crippen molar-refractivity contribution >= 4 is 29.4 Å². The number of rotatable bonds is 10. The molecular formula is C27H31ClN2O5. The lowest BCUT2D eigenvalue weighted by Crippen LogP contribution is -2.38. The van der Waals surface area contributed by atoms with E-state index in [2.05, 4.69) is 5.32 Å². The molecule has 0 fully saturated rings. The second-order valence-corrected chi connectivity index (χ2v) is 8.75. The number of nitrogens with one attached hydrogen (secondary N) is 1. The maximum Gasteiger partial charge on any atom is 0.336 e. The molecule has 1 N–H and O–H groups in total. The average molecular weight is 499 g/mol. The molecule has 1 atom stereocenters. The van der Waals surface area contributed by atoms with E-state index >= 15 is 0 Å². The molecule has 1 aliphatic rings. The van der Waals surface area contributed by atoms with Gasteiger partial charge in [-0.1, -0.05) is 35.9 Å². The van der Waals surface area contributed by atoms with Crippen LogP contribution in [-0.2, 0) is 25.6 Å². The fraction of sp³-hybridized carbons (Fsp3) is 0.370. The predicted octanol–water partition coefficient (Wildman–Crippen LogP) is 4.46. The molecule has 8 heteroatoms. The molecule has 0 aliphatic carbocycles. The van der Waals surface area contributed by atoms with Crippen LogP contribution in [0.4, 0.5) is 0 Å². The molecule has 1 heterocycles. The Morgan fingerprint density at radius 2 is 1.91 bits per heavy atom. The molecule has 0 bridgehead atoms. The van der Waals surface area contributed by atoms with Crippen LogP contribution in [0.1, 0.15) is 54.1 Å². The molecule has 186 valence electrons. The highest BCUT2D eigenvalue weighted by Gasteiger charge is 2.36. The highest BCUT2D eigenvalue weighted by atomic mass is 35.5. The summed E-state index contributed by atoms with van der Waals surface area (Å²) in [6, 6.07) is 14.3. The van der Waals surface area contributed by atoms with Gasteiger partial charge in [0.15, 0.2) is 0 Å². The van der Waals surface area contributed by atoms with Gasteiger partial charge in [-0.15, -0.1) is 0 Å². The number of esters is 1. The minimum atomic E-state index is -0.438. The summed E-state index contributed by atoms with van der Waals surface area (Å²) in [6.45, 7) is 5.08. The summed E-state index contributed by atoms with van der Waals surface area (Å²) >= 11 is 6.03. The number of nitrogens with zero attached hydrogens (tertiary/aromatic N) is 1. The van der Waals surface area contributed by atoms with Crippen molar-refractivity contribution in [3.63, 3.8) is 0 Å². The average Bonchev–Trinajstić information content (AvgIpc) is 2.84. The van der Waals surface area contributed by atoms with Crippen molar-refractivity contribution in [2.45, 2.75) is 39.2 Å². The van der Waals surface area contributed by atoms with E-state index in [1.54, 1.807) is 56.2 Å². The molecule has 0 spiro atoms. The van der Waals surface area contributed by atoms with Gasteiger partial charge in [0.25, 0.3) is 5.91 Å². The molecule has 1 unspecified atom stereocenters. The molecule has 1 aliphatic heterocycles. The molecule has 35 heavy (non-hydrogen) atoms. The van der Waals surface area contributed by atoms with Crippen LogP contribution < -0.4 is 5.32 Å². The highest BCUT2D eigenvalue weighted by Crippen LogP contribution is 2.38. The van der Waals surface area contributed by atoms with Crippen LogP contribution in [0.2, 0.25) is 5.02 Å². The number of methoxy groups -OCH3 is 1. The van der Waals surface area contributed by atoms with E-state index in [0.29, 0.717) is 35.0 Å². The third-order valence-electron chi connectivity index (χ3n) is 5.93. The first-order valence-electron chi connectivity index (χ1n) is 11.7. The lowest BCUT2D eigenvalue weighted by molar-refractivity contribution is -0.140. The number of carbonyl (C=O) groups is 3. The summed E-state index contributed by atoms with van der Waals surface area (Å²) in [6.07, 6.45) is 0.854. The van der Waals surface area contributed by atoms with Crippen molar-refractivity contribution in [1.82, 2.24) is 10.2 Å². The molecule has 0 aromatic heterocycles. The first kappa shape index (κ1) is 26.4. The van der Waals surface area contributed by atoms with Crippen molar-refractivity contribution in [1.29, 1.82) is 0 Å².